The Kier molecular flexibility index (Phi) is 7.14. The number of nitrogens with one attached hydrogen (secondary N) is 1. The van der Waals surface area contributed by atoms with Crippen LogP contribution in [0.25, 0.3) is 10.8 Å². The van der Waals surface area contributed by atoms with Crippen molar-refractivity contribution in [3.63, 3.8) is 0 Å². The lowest BCUT2D eigenvalue weighted by molar-refractivity contribution is -0.120. The summed E-state index contributed by atoms with van der Waals surface area (Å²) in [7, 11) is 0. The summed E-state index contributed by atoms with van der Waals surface area (Å²) < 4.78 is 16.7. The van der Waals surface area contributed by atoms with Crippen molar-refractivity contribution in [1.82, 2.24) is 15.3 Å². The van der Waals surface area contributed by atoms with Crippen molar-refractivity contribution in [3.8, 4) is 22.4 Å². The number of aromatic nitrogens is 2. The number of pyridine rings is 1. The van der Waals surface area contributed by atoms with Crippen LogP contribution in [0, 0.1) is 6.92 Å². The van der Waals surface area contributed by atoms with Crippen LogP contribution in [0.5, 0.6) is 11.6 Å². The minimum atomic E-state index is -0.101. The maximum atomic E-state index is 12.3. The minimum absolute atomic E-state index is 0.101. The van der Waals surface area contributed by atoms with Crippen molar-refractivity contribution < 1.29 is 18.7 Å². The van der Waals surface area contributed by atoms with E-state index in [1.165, 1.54) is 11.3 Å². The van der Waals surface area contributed by atoms with E-state index < -0.39 is 0 Å². The smallest absolute Gasteiger partial charge is 0.226 e. The lowest BCUT2D eigenvalue weighted by Gasteiger charge is -2.08. The second kappa shape index (κ2) is 10.6. The Morgan fingerprint density at radius 2 is 1.91 bits per heavy atom. The first-order chi connectivity index (χ1) is 15.7. The molecule has 4 aromatic rings. The third-order valence-electron chi connectivity index (χ3n) is 4.48. The van der Waals surface area contributed by atoms with Gasteiger partial charge in [0.25, 0.3) is 0 Å². The molecule has 0 aliphatic carbocycles. The van der Waals surface area contributed by atoms with Crippen molar-refractivity contribution in [2.75, 3.05) is 13.2 Å². The highest BCUT2D eigenvalue weighted by atomic mass is 32.1. The van der Waals surface area contributed by atoms with Gasteiger partial charge in [0, 0.05) is 24.2 Å². The van der Waals surface area contributed by atoms with Gasteiger partial charge in [-0.05, 0) is 36.8 Å². The van der Waals surface area contributed by atoms with Crippen LogP contribution in [0.2, 0.25) is 0 Å². The molecule has 164 valence electrons. The third-order valence-corrected chi connectivity index (χ3v) is 5.38. The van der Waals surface area contributed by atoms with Crippen LogP contribution >= 0.6 is 11.3 Å². The Morgan fingerprint density at radius 1 is 1.06 bits per heavy atom. The second-order valence-electron chi connectivity index (χ2n) is 7.02. The van der Waals surface area contributed by atoms with Crippen LogP contribution in [-0.2, 0) is 17.8 Å². The molecular formula is C24H23N3O4S. The number of amides is 1. The highest BCUT2D eigenvalue weighted by Gasteiger charge is 2.11. The fourth-order valence-electron chi connectivity index (χ4n) is 2.90. The molecule has 3 aromatic heterocycles. The highest BCUT2D eigenvalue weighted by Crippen LogP contribution is 2.25. The molecule has 0 aliphatic rings. The number of aryl methyl sites for hydroxylation is 1. The summed E-state index contributed by atoms with van der Waals surface area (Å²) in [5.41, 5.74) is 1.60. The Bertz CT molecular complexity index is 1140. The van der Waals surface area contributed by atoms with Crippen molar-refractivity contribution in [3.05, 3.63) is 83.2 Å². The molecule has 1 aromatic carbocycles. The van der Waals surface area contributed by atoms with Gasteiger partial charge in [-0.3, -0.25) is 4.79 Å². The highest BCUT2D eigenvalue weighted by molar-refractivity contribution is 7.13. The largest absolute Gasteiger partial charge is 0.490 e. The van der Waals surface area contributed by atoms with E-state index in [-0.39, 0.29) is 12.3 Å². The van der Waals surface area contributed by atoms with E-state index in [2.05, 4.69) is 15.3 Å². The molecule has 1 amide bonds. The van der Waals surface area contributed by atoms with E-state index in [0.29, 0.717) is 25.6 Å². The fourth-order valence-corrected chi connectivity index (χ4v) is 3.68. The van der Waals surface area contributed by atoms with Gasteiger partial charge < -0.3 is 19.2 Å². The van der Waals surface area contributed by atoms with Crippen LogP contribution in [0.4, 0.5) is 0 Å². The van der Waals surface area contributed by atoms with Gasteiger partial charge in [0.05, 0.1) is 12.1 Å². The maximum absolute atomic E-state index is 12.3. The number of carbonyl (C=O) groups excluding carboxylic acids is 1. The summed E-state index contributed by atoms with van der Waals surface area (Å²) in [6.45, 7) is 3.10. The van der Waals surface area contributed by atoms with Gasteiger partial charge in [0.1, 0.15) is 24.7 Å². The number of ether oxygens (including phenoxy) is 2. The normalized spacial score (nSPS) is 10.7. The van der Waals surface area contributed by atoms with Crippen molar-refractivity contribution in [2.45, 2.75) is 19.9 Å². The molecule has 0 atom stereocenters. The number of carbonyl (C=O) groups is 1. The number of thiazole rings is 1. The topological polar surface area (TPSA) is 86.5 Å². The zero-order valence-electron chi connectivity index (χ0n) is 17.6. The van der Waals surface area contributed by atoms with Gasteiger partial charge in [0.15, 0.2) is 10.8 Å². The molecule has 7 nitrogen and oxygen atoms in total. The summed E-state index contributed by atoms with van der Waals surface area (Å²) in [4.78, 5) is 21.0. The zero-order chi connectivity index (χ0) is 22.2. The van der Waals surface area contributed by atoms with E-state index in [4.69, 9.17) is 13.9 Å². The van der Waals surface area contributed by atoms with E-state index in [1.807, 2.05) is 60.8 Å². The van der Waals surface area contributed by atoms with Gasteiger partial charge in [-0.1, -0.05) is 24.3 Å². The zero-order valence-corrected chi connectivity index (χ0v) is 18.4. The molecule has 0 radical (unpaired) electrons. The molecule has 0 fully saturated rings. The number of para-hydroxylation sites is 1. The summed E-state index contributed by atoms with van der Waals surface area (Å²) >= 11 is 1.46. The van der Waals surface area contributed by atoms with Crippen LogP contribution in [0.3, 0.4) is 0 Å². The molecule has 0 aliphatic heterocycles. The predicted octanol–water partition coefficient (Wildman–Crippen LogP) is 4.42. The lowest BCUT2D eigenvalue weighted by atomic mass is 10.2. The molecule has 4 rings (SSSR count). The predicted molar refractivity (Wildman–Crippen MR) is 122 cm³/mol. The summed E-state index contributed by atoms with van der Waals surface area (Å²) in [5, 5.41) is 5.54. The van der Waals surface area contributed by atoms with Gasteiger partial charge in [0.2, 0.25) is 11.8 Å². The van der Waals surface area contributed by atoms with E-state index in [9.17, 15) is 4.79 Å². The van der Waals surface area contributed by atoms with Crippen LogP contribution in [0.15, 0.2) is 70.6 Å². The molecule has 1 N–H and O–H groups in total. The minimum Gasteiger partial charge on any atom is -0.490 e. The molecule has 0 unspecified atom stereocenters. The van der Waals surface area contributed by atoms with E-state index in [1.54, 1.807) is 12.3 Å². The van der Waals surface area contributed by atoms with Gasteiger partial charge in [-0.2, -0.15) is 0 Å². The Hall–Kier alpha value is -3.65. The molecule has 0 bridgehead atoms. The summed E-state index contributed by atoms with van der Waals surface area (Å²) in [6.07, 6.45) is 1.90. The number of furan rings is 1. The summed E-state index contributed by atoms with van der Waals surface area (Å²) in [6, 6.07) is 17.0. The lowest BCUT2D eigenvalue weighted by Crippen LogP contribution is -2.24. The quantitative estimate of drug-likeness (QED) is 0.361. The van der Waals surface area contributed by atoms with Crippen LogP contribution in [0.1, 0.15) is 17.0 Å². The number of hydrogen-bond donors (Lipinski definition) is 1. The standard InChI is InChI=1S/C24H23N3O4S/c1-17-7-9-21(31-17)24-27-19(16-32-24)13-22(28)25-14-18-8-10-23(26-15-18)30-12-11-29-20-5-3-2-4-6-20/h2-10,15-16H,11-14H2,1H3,(H,25,28). The van der Waals surface area contributed by atoms with Crippen molar-refractivity contribution >= 4 is 17.2 Å². The molecule has 3 heterocycles. The van der Waals surface area contributed by atoms with Gasteiger partial charge in [-0.25, -0.2) is 9.97 Å². The Morgan fingerprint density at radius 3 is 2.66 bits per heavy atom. The molecule has 0 saturated heterocycles. The van der Waals surface area contributed by atoms with E-state index in [0.717, 1.165) is 33.5 Å². The number of hydrogen-bond acceptors (Lipinski definition) is 7. The van der Waals surface area contributed by atoms with Gasteiger partial charge >= 0.3 is 0 Å². The second-order valence-corrected chi connectivity index (χ2v) is 7.88. The maximum Gasteiger partial charge on any atom is 0.226 e. The monoisotopic (exact) mass is 449 g/mol. The number of nitrogens with zero attached hydrogens (tertiary/aromatic N) is 2. The third kappa shape index (κ3) is 6.18. The Balaban J connectivity index is 1.18. The average molecular weight is 450 g/mol. The van der Waals surface area contributed by atoms with Gasteiger partial charge in [-0.15, -0.1) is 11.3 Å². The molecule has 8 heteroatoms. The fraction of sp³-hybridized carbons (Fsp3) is 0.208. The van der Waals surface area contributed by atoms with Crippen LogP contribution in [-0.4, -0.2) is 29.1 Å². The first-order valence-electron chi connectivity index (χ1n) is 10.2. The van der Waals surface area contributed by atoms with Crippen LogP contribution < -0.4 is 14.8 Å². The molecular weight excluding hydrogens is 426 g/mol. The van der Waals surface area contributed by atoms with Crippen molar-refractivity contribution in [2.24, 2.45) is 0 Å². The number of rotatable bonds is 10. The van der Waals surface area contributed by atoms with E-state index >= 15 is 0 Å². The molecule has 32 heavy (non-hydrogen) atoms. The first kappa shape index (κ1) is 21.6. The Labute approximate surface area is 190 Å². The SMILES string of the molecule is Cc1ccc(-c2nc(CC(=O)NCc3ccc(OCCOc4ccccc4)nc3)cs2)o1. The molecule has 0 saturated carbocycles. The molecule has 0 spiro atoms. The summed E-state index contributed by atoms with van der Waals surface area (Å²) in [5.74, 6) is 2.77. The first-order valence-corrected chi connectivity index (χ1v) is 11.1. The van der Waals surface area contributed by atoms with Crippen molar-refractivity contribution in [1.29, 1.82) is 0 Å². The average Bonchev–Trinajstić information content (AvgIpc) is 3.46. The number of benzene rings is 1.